The van der Waals surface area contributed by atoms with Crippen molar-refractivity contribution in [3.8, 4) is 11.1 Å². The lowest BCUT2D eigenvalue weighted by atomic mass is 9.98. The molecule has 1 aromatic heterocycles. The molecule has 2 heterocycles. The third-order valence-electron chi connectivity index (χ3n) is 8.14. The zero-order valence-corrected chi connectivity index (χ0v) is 26.3. The summed E-state index contributed by atoms with van der Waals surface area (Å²) in [5, 5.41) is 9.50. The Hall–Kier alpha value is -5.90. The van der Waals surface area contributed by atoms with Gasteiger partial charge in [0.1, 0.15) is 12.3 Å². The summed E-state index contributed by atoms with van der Waals surface area (Å²) in [6.45, 7) is 0.177. The standard InChI is InChI=1S/C38H29ClN4O5/c39-14-12-31-30-8-4-5-9-32(30)36(43(23-44)48-21-24-6-2-1-3-7-24)20-34(31)42-38(46)35-19-26-18-29(10-11-33(26)41-35)40-37(45)27-16-25-13-15-47-22-28(25)17-27/h1-11,13,15-20,22-23,41H,12,14,21H2,(H,40,45)(H,42,46). The summed E-state index contributed by atoms with van der Waals surface area (Å²) in [5.74, 6) is -0.314. The number of carbonyl (C=O) groups is 3. The second kappa shape index (κ2) is 13.4. The Labute approximate surface area is 280 Å². The van der Waals surface area contributed by atoms with Gasteiger partial charge in [-0.2, -0.15) is 5.06 Å². The van der Waals surface area contributed by atoms with Crippen molar-refractivity contribution in [3.63, 3.8) is 0 Å². The largest absolute Gasteiger partial charge is 0.472 e. The first-order valence-electron chi connectivity index (χ1n) is 15.2. The van der Waals surface area contributed by atoms with E-state index in [9.17, 15) is 14.4 Å². The van der Waals surface area contributed by atoms with Crippen LogP contribution >= 0.6 is 11.6 Å². The molecule has 0 saturated carbocycles. The monoisotopic (exact) mass is 656 g/mol. The van der Waals surface area contributed by atoms with Crippen LogP contribution in [0.15, 0.2) is 120 Å². The van der Waals surface area contributed by atoms with Crippen LogP contribution in [-0.2, 0) is 22.7 Å². The zero-order chi connectivity index (χ0) is 33.0. The van der Waals surface area contributed by atoms with Crippen LogP contribution < -0.4 is 15.7 Å². The number of hydrogen-bond acceptors (Lipinski definition) is 5. The van der Waals surface area contributed by atoms with Crippen LogP contribution in [0.2, 0.25) is 0 Å². The minimum atomic E-state index is -0.384. The van der Waals surface area contributed by atoms with Gasteiger partial charge in [0.05, 0.1) is 18.2 Å². The van der Waals surface area contributed by atoms with Crippen LogP contribution in [0.5, 0.6) is 0 Å². The van der Waals surface area contributed by atoms with Gasteiger partial charge in [0.15, 0.2) is 0 Å². The van der Waals surface area contributed by atoms with Crippen LogP contribution in [0, 0.1) is 0 Å². The van der Waals surface area contributed by atoms with E-state index in [0.717, 1.165) is 43.9 Å². The first-order valence-corrected chi connectivity index (χ1v) is 15.8. The maximum Gasteiger partial charge on any atom is 0.272 e. The molecule has 0 fully saturated rings. The summed E-state index contributed by atoms with van der Waals surface area (Å²) in [5.41, 5.74) is 6.61. The number of aryl methyl sites for hydroxylation is 1. The molecule has 1 aliphatic heterocycles. The maximum atomic E-state index is 13.7. The van der Waals surface area contributed by atoms with Crippen molar-refractivity contribution in [2.45, 2.75) is 13.0 Å². The molecule has 4 aromatic carbocycles. The normalized spacial score (nSPS) is 11.2. The Morgan fingerprint density at radius 3 is 2.44 bits per heavy atom. The van der Waals surface area contributed by atoms with Crippen LogP contribution in [0.1, 0.15) is 32.0 Å². The van der Waals surface area contributed by atoms with Crippen LogP contribution in [-0.4, -0.2) is 29.1 Å². The van der Waals surface area contributed by atoms with Gasteiger partial charge in [-0.25, -0.2) is 0 Å². The molecule has 3 N–H and O–H groups in total. The van der Waals surface area contributed by atoms with E-state index in [4.69, 9.17) is 20.9 Å². The first-order chi connectivity index (χ1) is 23.5. The molecular weight excluding hydrogens is 628 g/mol. The van der Waals surface area contributed by atoms with Gasteiger partial charge in [-0.3, -0.25) is 19.2 Å². The molecule has 238 valence electrons. The number of hydrogen-bond donors (Lipinski definition) is 3. The Bertz CT molecular complexity index is 2210. The molecule has 48 heavy (non-hydrogen) atoms. The van der Waals surface area contributed by atoms with Gasteiger partial charge in [0, 0.05) is 44.7 Å². The lowest BCUT2D eigenvalue weighted by Gasteiger charge is -2.22. The molecule has 10 heteroatoms. The van der Waals surface area contributed by atoms with E-state index in [-0.39, 0.29) is 18.4 Å². The van der Waals surface area contributed by atoms with Crippen molar-refractivity contribution in [3.05, 3.63) is 138 Å². The first kappa shape index (κ1) is 30.7. The van der Waals surface area contributed by atoms with Crippen molar-refractivity contribution in [1.29, 1.82) is 0 Å². The van der Waals surface area contributed by atoms with Gasteiger partial charge in [0.25, 0.3) is 11.8 Å². The SMILES string of the molecule is O=CN(OCc1ccccc1)c1cc(NC(=O)c2cc3cc(NC(=O)c4cc5ccocc-5c4)ccc3[nH]2)c(CCCl)c2ccccc12. The van der Waals surface area contributed by atoms with Gasteiger partial charge in [-0.1, -0.05) is 54.6 Å². The third kappa shape index (κ3) is 6.24. The van der Waals surface area contributed by atoms with Crippen molar-refractivity contribution in [1.82, 2.24) is 4.98 Å². The van der Waals surface area contributed by atoms with Crippen molar-refractivity contribution in [2.75, 3.05) is 21.6 Å². The Kier molecular flexibility index (Phi) is 8.61. The average molecular weight is 657 g/mol. The van der Waals surface area contributed by atoms with Gasteiger partial charge >= 0.3 is 0 Å². The smallest absolute Gasteiger partial charge is 0.272 e. The fourth-order valence-electron chi connectivity index (χ4n) is 5.82. The summed E-state index contributed by atoms with van der Waals surface area (Å²) in [7, 11) is 0. The lowest BCUT2D eigenvalue weighted by Crippen LogP contribution is -2.22. The van der Waals surface area contributed by atoms with E-state index in [2.05, 4.69) is 15.6 Å². The van der Waals surface area contributed by atoms with Crippen LogP contribution in [0.25, 0.3) is 32.8 Å². The molecule has 1 aliphatic carbocycles. The molecule has 0 spiro atoms. The average Bonchev–Trinajstić information content (AvgIpc) is 3.75. The molecular formula is C38H29ClN4O5. The number of amides is 3. The number of aromatic nitrogens is 1. The van der Waals surface area contributed by atoms with E-state index >= 15 is 0 Å². The van der Waals surface area contributed by atoms with Crippen molar-refractivity contribution in [2.24, 2.45) is 0 Å². The number of fused-ring (bicyclic) bond motifs is 3. The third-order valence-corrected chi connectivity index (χ3v) is 8.32. The fraction of sp³-hybridized carbons (Fsp3) is 0.0789. The number of nitrogens with zero attached hydrogens (tertiary/aromatic N) is 1. The number of H-pyrrole nitrogens is 1. The molecule has 0 atom stereocenters. The second-order valence-electron chi connectivity index (χ2n) is 11.2. The second-order valence-corrected chi connectivity index (χ2v) is 11.6. The summed E-state index contributed by atoms with van der Waals surface area (Å²) >= 11 is 6.23. The van der Waals surface area contributed by atoms with Crippen molar-refractivity contribution < 1.29 is 23.6 Å². The summed E-state index contributed by atoms with van der Waals surface area (Å²) in [6.07, 6.45) is 4.26. The summed E-state index contributed by atoms with van der Waals surface area (Å²) in [4.78, 5) is 48.1. The highest BCUT2D eigenvalue weighted by molar-refractivity contribution is 6.18. The number of anilines is 3. The fourth-order valence-corrected chi connectivity index (χ4v) is 6.01. The number of hydroxylamine groups is 1. The van der Waals surface area contributed by atoms with E-state index in [1.807, 2.05) is 54.6 Å². The van der Waals surface area contributed by atoms with Gasteiger partial charge in [-0.05, 0) is 77.0 Å². The van der Waals surface area contributed by atoms with Gasteiger partial charge < -0.3 is 20.0 Å². The molecule has 9 nitrogen and oxygen atoms in total. The summed E-state index contributed by atoms with van der Waals surface area (Å²) < 4.78 is 5.20. The molecule has 5 aromatic rings. The topological polar surface area (TPSA) is 117 Å². The predicted octanol–water partition coefficient (Wildman–Crippen LogP) is 8.40. The number of nitrogens with one attached hydrogen (secondary N) is 3. The maximum absolute atomic E-state index is 13.7. The number of aromatic amines is 1. The molecule has 0 bridgehead atoms. The van der Waals surface area contributed by atoms with Gasteiger partial charge in [0.2, 0.25) is 6.41 Å². The number of halogens is 1. The molecule has 2 aliphatic rings. The van der Waals surface area contributed by atoms with Gasteiger partial charge in [-0.15, -0.1) is 11.6 Å². The quantitative estimate of drug-likeness (QED) is 0.0734. The zero-order valence-electron chi connectivity index (χ0n) is 25.5. The lowest BCUT2D eigenvalue weighted by molar-refractivity contribution is -0.114. The molecule has 0 unspecified atom stereocenters. The van der Waals surface area contributed by atoms with E-state index in [1.165, 1.54) is 5.06 Å². The molecule has 0 radical (unpaired) electrons. The summed E-state index contributed by atoms with van der Waals surface area (Å²) in [6, 6.07) is 31.4. The minimum Gasteiger partial charge on any atom is -0.472 e. The minimum absolute atomic E-state index is 0.177. The molecule has 3 amide bonds. The van der Waals surface area contributed by atoms with E-state index in [0.29, 0.717) is 47.0 Å². The number of carbonyl (C=O) groups excluding carboxylic acids is 3. The molecule has 0 saturated heterocycles. The number of benzene rings is 4. The molecule has 7 rings (SSSR count). The Morgan fingerprint density at radius 2 is 1.65 bits per heavy atom. The highest BCUT2D eigenvalue weighted by Crippen LogP contribution is 2.36. The Balaban J connectivity index is 1.16. The van der Waals surface area contributed by atoms with Crippen LogP contribution in [0.3, 0.4) is 0 Å². The van der Waals surface area contributed by atoms with E-state index in [1.54, 1.807) is 61.1 Å². The van der Waals surface area contributed by atoms with Crippen LogP contribution in [0.4, 0.5) is 17.1 Å². The highest BCUT2D eigenvalue weighted by atomic mass is 35.5. The Morgan fingerprint density at radius 1 is 0.854 bits per heavy atom. The predicted molar refractivity (Wildman–Crippen MR) is 188 cm³/mol. The van der Waals surface area contributed by atoms with Crippen molar-refractivity contribution >= 4 is 68.6 Å². The van der Waals surface area contributed by atoms with E-state index < -0.39 is 0 Å². The number of alkyl halides is 1. The number of rotatable bonds is 11. The highest BCUT2D eigenvalue weighted by Gasteiger charge is 2.20.